The standard InChI is InChI=1S/C34H36N2S5/c1-3-5-7-9-11-23-19-31(37-21-23)29-17-15-27(39-29)25-13-14-26(34-33(25)35-41-36-34)28-16-18-30(40-28)32-20-24(22-38-32)12-10-8-6-4-2/h13-22H,3-12H2,1-2H3. The molecular formula is C34H36N2S5. The third kappa shape index (κ3) is 6.75. The first-order valence-corrected chi connectivity index (χ1v) is 19.0. The van der Waals surface area contributed by atoms with Crippen molar-refractivity contribution in [2.24, 2.45) is 0 Å². The lowest BCUT2D eigenvalue weighted by atomic mass is 10.1. The second-order valence-corrected chi connectivity index (χ2v) is 15.2. The van der Waals surface area contributed by atoms with Crippen LogP contribution in [0.4, 0.5) is 0 Å². The zero-order valence-corrected chi connectivity index (χ0v) is 27.9. The van der Waals surface area contributed by atoms with Crippen molar-refractivity contribution >= 4 is 68.1 Å². The molecule has 5 heterocycles. The van der Waals surface area contributed by atoms with Crippen LogP contribution in [0.25, 0.3) is 51.4 Å². The second-order valence-electron chi connectivity index (χ2n) is 10.7. The highest BCUT2D eigenvalue weighted by molar-refractivity contribution is 7.24. The van der Waals surface area contributed by atoms with Crippen LogP contribution in [0.5, 0.6) is 0 Å². The first-order chi connectivity index (χ1) is 20.2. The Labute approximate surface area is 264 Å². The summed E-state index contributed by atoms with van der Waals surface area (Å²) in [5.74, 6) is 0. The molecule has 0 aliphatic rings. The lowest BCUT2D eigenvalue weighted by Gasteiger charge is -2.03. The highest BCUT2D eigenvalue weighted by Gasteiger charge is 2.17. The number of nitrogens with zero attached hydrogens (tertiary/aromatic N) is 2. The molecule has 0 N–H and O–H groups in total. The average molecular weight is 633 g/mol. The van der Waals surface area contributed by atoms with E-state index in [4.69, 9.17) is 8.75 Å². The zero-order valence-electron chi connectivity index (χ0n) is 23.8. The Balaban J connectivity index is 1.19. The quantitative estimate of drug-likeness (QED) is 0.112. The van der Waals surface area contributed by atoms with Crippen LogP contribution >= 0.6 is 57.1 Å². The Morgan fingerprint density at radius 2 is 0.976 bits per heavy atom. The molecule has 6 rings (SSSR count). The van der Waals surface area contributed by atoms with E-state index in [1.54, 1.807) is 0 Å². The van der Waals surface area contributed by atoms with Gasteiger partial charge in [0, 0.05) is 40.4 Å². The predicted molar refractivity (Wildman–Crippen MR) is 186 cm³/mol. The lowest BCUT2D eigenvalue weighted by molar-refractivity contribution is 0.667. The molecule has 0 atom stereocenters. The number of aromatic nitrogens is 2. The monoisotopic (exact) mass is 632 g/mol. The van der Waals surface area contributed by atoms with Gasteiger partial charge in [0.05, 0.1) is 11.7 Å². The van der Waals surface area contributed by atoms with Crippen LogP contribution in [0.1, 0.15) is 76.3 Å². The van der Waals surface area contributed by atoms with Gasteiger partial charge in [-0.15, -0.1) is 45.3 Å². The first kappa shape index (κ1) is 28.9. The number of thiophene rings is 4. The predicted octanol–water partition coefficient (Wildman–Crippen LogP) is 12.9. The van der Waals surface area contributed by atoms with E-state index >= 15 is 0 Å². The highest BCUT2D eigenvalue weighted by atomic mass is 32.1. The molecule has 0 fully saturated rings. The van der Waals surface area contributed by atoms with Crippen molar-refractivity contribution in [3.8, 4) is 40.4 Å². The minimum atomic E-state index is 1.02. The molecule has 41 heavy (non-hydrogen) atoms. The van der Waals surface area contributed by atoms with Crippen molar-refractivity contribution in [2.45, 2.75) is 78.1 Å². The third-order valence-corrected chi connectivity index (χ3v) is 12.7. The fraction of sp³-hybridized carbons (Fsp3) is 0.353. The van der Waals surface area contributed by atoms with E-state index in [9.17, 15) is 0 Å². The SMILES string of the molecule is CCCCCCc1csc(-c2ccc(-c3ccc(-c4ccc(-c5cc(CCCCCC)cs5)s4)c4nsnc34)s2)c1. The molecule has 0 aliphatic heterocycles. The summed E-state index contributed by atoms with van der Waals surface area (Å²) in [7, 11) is 0. The smallest absolute Gasteiger partial charge is 0.114 e. The number of benzene rings is 1. The Morgan fingerprint density at radius 1 is 0.512 bits per heavy atom. The van der Waals surface area contributed by atoms with Crippen molar-refractivity contribution < 1.29 is 0 Å². The summed E-state index contributed by atoms with van der Waals surface area (Å²) in [5.41, 5.74) is 7.37. The van der Waals surface area contributed by atoms with Crippen molar-refractivity contribution in [1.29, 1.82) is 0 Å². The van der Waals surface area contributed by atoms with Crippen LogP contribution in [0.3, 0.4) is 0 Å². The molecule has 0 aliphatic carbocycles. The molecule has 0 spiro atoms. The van der Waals surface area contributed by atoms with E-state index < -0.39 is 0 Å². The Kier molecular flexibility index (Phi) is 9.79. The molecule has 5 aromatic heterocycles. The lowest BCUT2D eigenvalue weighted by Crippen LogP contribution is -1.82. The van der Waals surface area contributed by atoms with Crippen LogP contribution in [0, 0.1) is 0 Å². The molecule has 7 heteroatoms. The number of rotatable bonds is 14. The zero-order chi connectivity index (χ0) is 28.0. The van der Waals surface area contributed by atoms with Crippen LogP contribution in [0.2, 0.25) is 0 Å². The van der Waals surface area contributed by atoms with E-state index in [2.05, 4.69) is 73.1 Å². The van der Waals surface area contributed by atoms with Gasteiger partial charge < -0.3 is 0 Å². The summed E-state index contributed by atoms with van der Waals surface area (Å²) >= 11 is 8.80. The van der Waals surface area contributed by atoms with E-state index in [0.29, 0.717) is 0 Å². The van der Waals surface area contributed by atoms with Crippen LogP contribution in [0.15, 0.2) is 59.3 Å². The van der Waals surface area contributed by atoms with Gasteiger partial charge in [0.1, 0.15) is 11.0 Å². The summed E-state index contributed by atoms with van der Waals surface area (Å²) in [6.07, 6.45) is 12.9. The number of unbranched alkanes of at least 4 members (excludes halogenated alkanes) is 6. The van der Waals surface area contributed by atoms with Crippen molar-refractivity contribution in [3.05, 3.63) is 70.4 Å². The van der Waals surface area contributed by atoms with Gasteiger partial charge in [0.2, 0.25) is 0 Å². The van der Waals surface area contributed by atoms with Gasteiger partial charge in [-0.3, -0.25) is 0 Å². The highest BCUT2D eigenvalue weighted by Crippen LogP contribution is 2.44. The summed E-state index contributed by atoms with van der Waals surface area (Å²) in [4.78, 5) is 7.96. The number of hydrogen-bond acceptors (Lipinski definition) is 7. The topological polar surface area (TPSA) is 25.8 Å². The van der Waals surface area contributed by atoms with Gasteiger partial charge in [0.25, 0.3) is 0 Å². The molecule has 0 radical (unpaired) electrons. The largest absolute Gasteiger partial charge is 0.172 e. The van der Waals surface area contributed by atoms with Gasteiger partial charge in [-0.2, -0.15) is 8.75 Å². The van der Waals surface area contributed by atoms with Gasteiger partial charge in [-0.05, 0) is 84.0 Å². The molecular weight excluding hydrogens is 597 g/mol. The van der Waals surface area contributed by atoms with Gasteiger partial charge in [-0.25, -0.2) is 0 Å². The van der Waals surface area contributed by atoms with E-state index in [1.807, 2.05) is 45.3 Å². The molecule has 0 saturated carbocycles. The average Bonchev–Trinajstić information content (AvgIpc) is 3.82. The molecule has 6 aromatic rings. The fourth-order valence-electron chi connectivity index (χ4n) is 5.28. The minimum Gasteiger partial charge on any atom is -0.172 e. The summed E-state index contributed by atoms with van der Waals surface area (Å²) in [6, 6.07) is 18.4. The van der Waals surface area contributed by atoms with E-state index in [1.165, 1.54) is 127 Å². The Morgan fingerprint density at radius 3 is 1.44 bits per heavy atom. The molecule has 0 amide bonds. The van der Waals surface area contributed by atoms with E-state index in [-0.39, 0.29) is 0 Å². The molecule has 212 valence electrons. The van der Waals surface area contributed by atoms with Crippen molar-refractivity contribution in [3.63, 3.8) is 0 Å². The molecule has 0 unspecified atom stereocenters. The number of fused-ring (bicyclic) bond motifs is 1. The van der Waals surface area contributed by atoms with E-state index in [0.717, 1.165) is 11.0 Å². The summed E-state index contributed by atoms with van der Waals surface area (Å²) < 4.78 is 9.55. The first-order valence-electron chi connectivity index (χ1n) is 14.8. The van der Waals surface area contributed by atoms with Gasteiger partial charge >= 0.3 is 0 Å². The normalized spacial score (nSPS) is 11.7. The molecule has 0 bridgehead atoms. The molecule has 2 nitrogen and oxygen atoms in total. The maximum atomic E-state index is 4.77. The fourth-order valence-corrected chi connectivity index (χ4v) is 10.0. The third-order valence-electron chi connectivity index (χ3n) is 7.59. The van der Waals surface area contributed by atoms with Crippen LogP contribution in [-0.2, 0) is 12.8 Å². The molecule has 1 aromatic carbocycles. The Hall–Kier alpha value is -2.16. The Bertz CT molecular complexity index is 1570. The van der Waals surface area contributed by atoms with Crippen molar-refractivity contribution in [1.82, 2.24) is 8.75 Å². The van der Waals surface area contributed by atoms with Gasteiger partial charge in [0.15, 0.2) is 0 Å². The second kappa shape index (κ2) is 13.9. The van der Waals surface area contributed by atoms with Crippen LogP contribution < -0.4 is 0 Å². The minimum absolute atomic E-state index is 1.02. The number of aryl methyl sites for hydroxylation is 2. The maximum Gasteiger partial charge on any atom is 0.114 e. The summed E-state index contributed by atoms with van der Waals surface area (Å²) in [6.45, 7) is 4.55. The summed E-state index contributed by atoms with van der Waals surface area (Å²) in [5, 5.41) is 4.69. The number of hydrogen-bond donors (Lipinski definition) is 0. The van der Waals surface area contributed by atoms with Crippen LogP contribution in [-0.4, -0.2) is 8.75 Å². The van der Waals surface area contributed by atoms with Gasteiger partial charge in [-0.1, -0.05) is 64.5 Å². The molecule has 0 saturated heterocycles. The maximum absolute atomic E-state index is 4.77. The van der Waals surface area contributed by atoms with Crippen molar-refractivity contribution in [2.75, 3.05) is 0 Å².